The molecule has 0 bridgehead atoms. The molecular weight excluding hydrogens is 731 g/mol. The average Bonchev–Trinajstić information content (AvgIpc) is 3.73. The predicted octanol–water partition coefficient (Wildman–Crippen LogP) is 14.2. The summed E-state index contributed by atoms with van der Waals surface area (Å²) in [5.41, 5.74) is 16.2. The molecule has 0 aliphatic carbocycles. The highest BCUT2D eigenvalue weighted by atomic mass is 16.6. The van der Waals surface area contributed by atoms with E-state index in [1.165, 1.54) is 0 Å². The molecule has 0 fully saturated rings. The van der Waals surface area contributed by atoms with Crippen LogP contribution in [-0.2, 0) is 0 Å². The Morgan fingerprint density at radius 3 is 1.42 bits per heavy atom. The number of ether oxygens (including phenoxy) is 2. The number of benzene rings is 8. The largest absolute Gasteiger partial charge is 0.453 e. The number of hydrogen-bond acceptors (Lipinski definition) is 4. The first-order valence-electron chi connectivity index (χ1n) is 19.8. The molecule has 7 heteroatoms. The van der Waals surface area contributed by atoms with E-state index < -0.39 is 0 Å². The molecule has 0 unspecified atom stereocenters. The van der Waals surface area contributed by atoms with E-state index in [0.717, 1.165) is 128 Å². The molecule has 4 heterocycles. The Morgan fingerprint density at radius 2 is 0.915 bits per heavy atom. The highest BCUT2D eigenvalue weighted by Crippen LogP contribution is 2.49. The molecule has 0 radical (unpaired) electrons. The van der Waals surface area contributed by atoms with E-state index in [-0.39, 0.29) is 10.6 Å². The summed E-state index contributed by atoms with van der Waals surface area (Å²) in [5.74, 6) is 3.37. The van der Waals surface area contributed by atoms with Gasteiger partial charge in [-0.3, -0.25) is 10.1 Å². The van der Waals surface area contributed by atoms with E-state index in [1.807, 2.05) is 12.1 Å². The number of para-hydroxylation sites is 1. The van der Waals surface area contributed by atoms with Crippen molar-refractivity contribution in [2.75, 3.05) is 0 Å². The molecule has 0 N–H and O–H groups in total. The van der Waals surface area contributed by atoms with Crippen molar-refractivity contribution in [1.29, 1.82) is 0 Å². The van der Waals surface area contributed by atoms with Gasteiger partial charge in [-0.05, 0) is 175 Å². The fourth-order valence-electron chi connectivity index (χ4n) is 9.52. The molecule has 0 atom stereocenters. The van der Waals surface area contributed by atoms with Gasteiger partial charge in [-0.2, -0.15) is 0 Å². The predicted molar refractivity (Wildman–Crippen MR) is 237 cm³/mol. The number of aryl methyl sites for hydroxylation is 4. The normalized spacial score (nSPS) is 12.5. The van der Waals surface area contributed by atoms with Gasteiger partial charge in [0, 0.05) is 27.6 Å². The zero-order valence-corrected chi connectivity index (χ0v) is 32.8. The van der Waals surface area contributed by atoms with Crippen molar-refractivity contribution in [3.05, 3.63) is 172 Å². The number of rotatable bonds is 4. The van der Waals surface area contributed by atoms with Gasteiger partial charge in [-0.15, -0.1) is 0 Å². The molecule has 8 aromatic carbocycles. The van der Waals surface area contributed by atoms with Crippen molar-refractivity contribution in [3.63, 3.8) is 0 Å². The molecule has 12 rings (SSSR count). The molecule has 2 aromatic heterocycles. The molecule has 0 saturated carbocycles. The minimum absolute atomic E-state index is 0.0678. The summed E-state index contributed by atoms with van der Waals surface area (Å²) in [5, 5.41) is 16.9. The van der Waals surface area contributed by atoms with E-state index in [2.05, 4.69) is 152 Å². The smallest absolute Gasteiger partial charge is 0.277 e. The molecule has 59 heavy (non-hydrogen) atoms. The maximum Gasteiger partial charge on any atom is 0.277 e. The second-order valence-corrected chi connectivity index (χ2v) is 16.2. The first-order valence-corrected chi connectivity index (χ1v) is 19.8. The van der Waals surface area contributed by atoms with Crippen molar-refractivity contribution in [2.45, 2.75) is 27.7 Å². The van der Waals surface area contributed by atoms with Gasteiger partial charge in [-0.25, -0.2) is 0 Å². The van der Waals surface area contributed by atoms with E-state index in [0.29, 0.717) is 5.56 Å². The standard InChI is InChI=1S/C52H35N3O4/c1-28-9-13-45-47(19-28)58-49-21-30(3)17-40-38-26-32(11-15-42(38)53(45)51(40)49)34-23-35(25-36(24-34)37-7-5-6-8-44(37)55(56)57)33-12-16-43-39(27-33)41-18-31(4)22-50-52(41)54(43)46-14-10-29(2)20-48(46)59-50/h5-27H,1-4H3. The Kier molecular flexibility index (Phi) is 6.78. The monoisotopic (exact) mass is 765 g/mol. The Hall–Kier alpha value is -7.64. The van der Waals surface area contributed by atoms with Crippen molar-refractivity contribution < 1.29 is 14.4 Å². The number of aromatic nitrogens is 2. The van der Waals surface area contributed by atoms with E-state index in [9.17, 15) is 10.1 Å². The molecule has 2 aliphatic rings. The highest BCUT2D eigenvalue weighted by molar-refractivity contribution is 6.15. The minimum atomic E-state index is -0.297. The van der Waals surface area contributed by atoms with Crippen molar-refractivity contribution in [2.24, 2.45) is 0 Å². The van der Waals surface area contributed by atoms with Crippen molar-refractivity contribution in [1.82, 2.24) is 9.13 Å². The van der Waals surface area contributed by atoms with Gasteiger partial charge in [0.15, 0.2) is 23.0 Å². The number of fused-ring (bicyclic) bond motifs is 10. The summed E-state index contributed by atoms with van der Waals surface area (Å²) in [6.07, 6.45) is 0. The lowest BCUT2D eigenvalue weighted by Gasteiger charge is -2.21. The van der Waals surface area contributed by atoms with Crippen LogP contribution in [0.4, 0.5) is 5.69 Å². The van der Waals surface area contributed by atoms with Gasteiger partial charge in [0.1, 0.15) is 0 Å². The zero-order valence-electron chi connectivity index (χ0n) is 32.8. The van der Waals surface area contributed by atoms with E-state index >= 15 is 0 Å². The third-order valence-corrected chi connectivity index (χ3v) is 12.1. The molecule has 7 nitrogen and oxygen atoms in total. The molecule has 282 valence electrons. The number of nitro benzene ring substituents is 1. The number of nitro groups is 1. The first-order chi connectivity index (χ1) is 28.7. The van der Waals surface area contributed by atoms with Gasteiger partial charge >= 0.3 is 0 Å². The van der Waals surface area contributed by atoms with Crippen LogP contribution in [0.5, 0.6) is 23.0 Å². The van der Waals surface area contributed by atoms with Crippen LogP contribution in [-0.4, -0.2) is 14.1 Å². The van der Waals surface area contributed by atoms with Gasteiger partial charge in [0.2, 0.25) is 0 Å². The van der Waals surface area contributed by atoms with Crippen LogP contribution in [0.15, 0.2) is 140 Å². The summed E-state index contributed by atoms with van der Waals surface area (Å²) in [6, 6.07) is 48.0. The maximum atomic E-state index is 12.4. The summed E-state index contributed by atoms with van der Waals surface area (Å²) in [6.45, 7) is 8.37. The fourth-order valence-corrected chi connectivity index (χ4v) is 9.52. The Labute approximate surface area is 339 Å². The quantitative estimate of drug-likeness (QED) is 0.132. The topological polar surface area (TPSA) is 71.5 Å². The van der Waals surface area contributed by atoms with Gasteiger partial charge in [0.05, 0.1) is 43.9 Å². The van der Waals surface area contributed by atoms with Crippen LogP contribution >= 0.6 is 0 Å². The van der Waals surface area contributed by atoms with Crippen molar-refractivity contribution >= 4 is 49.3 Å². The number of nitrogens with zero attached hydrogens (tertiary/aromatic N) is 3. The van der Waals surface area contributed by atoms with Crippen molar-refractivity contribution in [3.8, 4) is 67.8 Å². The number of hydrogen-bond donors (Lipinski definition) is 0. The maximum absolute atomic E-state index is 12.4. The third-order valence-electron chi connectivity index (χ3n) is 12.1. The SMILES string of the molecule is Cc1ccc2c(c1)Oc1cc(C)cc3c4cc(-c5cc(-c6ccc7c(c6)c6cc(C)cc8c6n7-c6ccc(C)cc6O8)cc(-c6ccccc6[N+](=O)[O-])c5)ccc4n-2c13. The van der Waals surface area contributed by atoms with Crippen LogP contribution in [0.3, 0.4) is 0 Å². The lowest BCUT2D eigenvalue weighted by atomic mass is 9.91. The Balaban J connectivity index is 1.10. The van der Waals surface area contributed by atoms with Crippen LogP contribution in [0.1, 0.15) is 22.3 Å². The fraction of sp³-hybridized carbons (Fsp3) is 0.0769. The molecule has 2 aliphatic heterocycles. The van der Waals surface area contributed by atoms with Gasteiger partial charge < -0.3 is 18.6 Å². The lowest BCUT2D eigenvalue weighted by Crippen LogP contribution is -2.04. The Morgan fingerprint density at radius 1 is 0.441 bits per heavy atom. The van der Waals surface area contributed by atoms with Crippen LogP contribution in [0.25, 0.3) is 88.4 Å². The Bertz CT molecular complexity index is 3330. The summed E-state index contributed by atoms with van der Waals surface area (Å²) >= 11 is 0. The minimum Gasteiger partial charge on any atom is -0.453 e. The van der Waals surface area contributed by atoms with Crippen LogP contribution in [0, 0.1) is 37.8 Å². The second kappa shape index (κ2) is 11.9. The lowest BCUT2D eigenvalue weighted by molar-refractivity contribution is -0.384. The summed E-state index contributed by atoms with van der Waals surface area (Å²) in [4.78, 5) is 12.1. The molecular formula is C52H35N3O4. The second-order valence-electron chi connectivity index (χ2n) is 16.2. The van der Waals surface area contributed by atoms with E-state index in [1.54, 1.807) is 12.1 Å². The molecule has 0 amide bonds. The van der Waals surface area contributed by atoms with E-state index in [4.69, 9.17) is 9.47 Å². The molecule has 10 aromatic rings. The third kappa shape index (κ3) is 4.88. The average molecular weight is 766 g/mol. The molecule has 0 saturated heterocycles. The van der Waals surface area contributed by atoms with Crippen LogP contribution < -0.4 is 9.47 Å². The summed E-state index contributed by atoms with van der Waals surface area (Å²) in [7, 11) is 0. The zero-order chi connectivity index (χ0) is 39.8. The van der Waals surface area contributed by atoms with Gasteiger partial charge in [0.25, 0.3) is 5.69 Å². The first kappa shape index (κ1) is 33.5. The highest BCUT2D eigenvalue weighted by Gasteiger charge is 2.27. The molecule has 0 spiro atoms. The van der Waals surface area contributed by atoms with Crippen LogP contribution in [0.2, 0.25) is 0 Å². The summed E-state index contributed by atoms with van der Waals surface area (Å²) < 4.78 is 17.7. The van der Waals surface area contributed by atoms with Gasteiger partial charge in [-0.1, -0.05) is 36.4 Å².